The van der Waals surface area contributed by atoms with Crippen LogP contribution in [0.4, 0.5) is 0 Å². The number of aliphatic hydroxyl groups is 1. The molecule has 0 aromatic heterocycles. The summed E-state index contributed by atoms with van der Waals surface area (Å²) in [4.78, 5) is 3.80. The lowest BCUT2D eigenvalue weighted by molar-refractivity contribution is 0.113. The van der Waals surface area contributed by atoms with E-state index in [1.165, 1.54) is 0 Å². The summed E-state index contributed by atoms with van der Waals surface area (Å²) in [6, 6.07) is 0. The van der Waals surface area contributed by atoms with Crippen LogP contribution >= 0.6 is 0 Å². The van der Waals surface area contributed by atoms with Crippen molar-refractivity contribution >= 4 is 6.21 Å². The first-order valence-electron chi connectivity index (χ1n) is 4.60. The van der Waals surface area contributed by atoms with Crippen molar-refractivity contribution < 1.29 is 9.84 Å². The van der Waals surface area contributed by atoms with Gasteiger partial charge in [0.1, 0.15) is 0 Å². The van der Waals surface area contributed by atoms with Gasteiger partial charge in [0.15, 0.2) is 0 Å². The molecule has 3 heteroatoms. The molecule has 1 unspecified atom stereocenters. The van der Waals surface area contributed by atoms with E-state index in [0.29, 0.717) is 13.0 Å². The Hall–Kier alpha value is -0.830. The minimum atomic E-state index is -0.243. The molecule has 1 N–H and O–H groups in total. The third-order valence-corrected chi connectivity index (χ3v) is 1.71. The fourth-order valence-electron chi connectivity index (χ4n) is 0.788. The van der Waals surface area contributed by atoms with E-state index in [0.717, 1.165) is 12.2 Å². The predicted molar refractivity (Wildman–Crippen MR) is 55.0 cm³/mol. The Morgan fingerprint density at radius 1 is 1.62 bits per heavy atom. The van der Waals surface area contributed by atoms with Gasteiger partial charge >= 0.3 is 0 Å². The second-order valence-corrected chi connectivity index (χ2v) is 2.88. The van der Waals surface area contributed by atoms with E-state index in [1.54, 1.807) is 19.3 Å². The van der Waals surface area contributed by atoms with Crippen molar-refractivity contribution in [3.8, 4) is 0 Å². The van der Waals surface area contributed by atoms with Crippen molar-refractivity contribution in [2.24, 2.45) is 4.99 Å². The van der Waals surface area contributed by atoms with E-state index >= 15 is 0 Å². The van der Waals surface area contributed by atoms with Gasteiger partial charge in [-0.3, -0.25) is 4.99 Å². The van der Waals surface area contributed by atoms with Gasteiger partial charge in [-0.1, -0.05) is 6.92 Å². The molecule has 0 amide bonds. The zero-order chi connectivity index (χ0) is 10.1. The second-order valence-electron chi connectivity index (χ2n) is 2.88. The van der Waals surface area contributed by atoms with Gasteiger partial charge in [-0.2, -0.15) is 0 Å². The molecule has 0 spiro atoms. The van der Waals surface area contributed by atoms with E-state index in [-0.39, 0.29) is 6.10 Å². The molecule has 0 radical (unpaired) electrons. The summed E-state index contributed by atoms with van der Waals surface area (Å²) in [7, 11) is 1.71. The summed E-state index contributed by atoms with van der Waals surface area (Å²) in [6.45, 7) is 4.39. The normalized spacial score (nSPS) is 14.9. The number of aliphatic imine (C=N–C) groups is 1. The number of ether oxygens (including phenoxy) is 1. The van der Waals surface area contributed by atoms with Gasteiger partial charge in [0.05, 0.1) is 18.5 Å². The smallest absolute Gasteiger partial charge is 0.0944 e. The highest BCUT2D eigenvalue weighted by Gasteiger charge is 1.99. The monoisotopic (exact) mass is 185 g/mol. The number of aliphatic hydroxyl groups excluding tert-OH is 1. The fourth-order valence-corrected chi connectivity index (χ4v) is 0.788. The average molecular weight is 185 g/mol. The Morgan fingerprint density at radius 3 is 2.85 bits per heavy atom. The number of hydrogen-bond donors (Lipinski definition) is 1. The Labute approximate surface area is 80.1 Å². The topological polar surface area (TPSA) is 41.8 Å². The van der Waals surface area contributed by atoms with Gasteiger partial charge in [0.25, 0.3) is 0 Å². The Balaban J connectivity index is 3.52. The number of nitrogens with zero attached hydrogens (tertiary/aromatic N) is 1. The maximum absolute atomic E-state index is 9.22. The Morgan fingerprint density at radius 2 is 2.31 bits per heavy atom. The molecule has 0 aliphatic heterocycles. The maximum atomic E-state index is 9.22. The summed E-state index contributed by atoms with van der Waals surface area (Å²) in [5.74, 6) is 0.828. The van der Waals surface area contributed by atoms with Crippen LogP contribution in [0.3, 0.4) is 0 Å². The van der Waals surface area contributed by atoms with Crippen LogP contribution in [-0.4, -0.2) is 31.1 Å². The van der Waals surface area contributed by atoms with E-state index in [4.69, 9.17) is 4.74 Å². The van der Waals surface area contributed by atoms with Crippen molar-refractivity contribution in [3.63, 3.8) is 0 Å². The standard InChI is InChI=1S/C10H19NO2/c1-4-10(12)6-8-13-9(2)5-7-11-3/h5,7,10,12H,4,6,8H2,1-3H3/b9-5+,11-7-. The zero-order valence-corrected chi connectivity index (χ0v) is 8.66. The Kier molecular flexibility index (Phi) is 7.30. The van der Waals surface area contributed by atoms with Crippen LogP contribution in [0.2, 0.25) is 0 Å². The summed E-state index contributed by atoms with van der Waals surface area (Å²) >= 11 is 0. The molecule has 0 saturated heterocycles. The van der Waals surface area contributed by atoms with Crippen LogP contribution in [0.1, 0.15) is 26.7 Å². The third kappa shape index (κ3) is 7.53. The van der Waals surface area contributed by atoms with Gasteiger partial charge < -0.3 is 9.84 Å². The molecule has 0 fully saturated rings. The largest absolute Gasteiger partial charge is 0.498 e. The van der Waals surface area contributed by atoms with Crippen molar-refractivity contribution in [2.75, 3.05) is 13.7 Å². The molecule has 0 aliphatic carbocycles. The zero-order valence-electron chi connectivity index (χ0n) is 8.66. The predicted octanol–water partition coefficient (Wildman–Crippen LogP) is 1.77. The number of hydrogen-bond acceptors (Lipinski definition) is 3. The average Bonchev–Trinajstić information content (AvgIpc) is 2.14. The molecule has 13 heavy (non-hydrogen) atoms. The maximum Gasteiger partial charge on any atom is 0.0944 e. The molecule has 3 nitrogen and oxygen atoms in total. The number of rotatable bonds is 6. The van der Waals surface area contributed by atoms with Crippen molar-refractivity contribution in [1.82, 2.24) is 0 Å². The van der Waals surface area contributed by atoms with Crippen molar-refractivity contribution in [1.29, 1.82) is 0 Å². The summed E-state index contributed by atoms with van der Waals surface area (Å²) < 4.78 is 5.33. The van der Waals surface area contributed by atoms with Crippen molar-refractivity contribution in [3.05, 3.63) is 11.8 Å². The highest BCUT2D eigenvalue weighted by molar-refractivity contribution is 5.71. The third-order valence-electron chi connectivity index (χ3n) is 1.71. The van der Waals surface area contributed by atoms with E-state index in [2.05, 4.69) is 4.99 Å². The van der Waals surface area contributed by atoms with Crippen LogP contribution < -0.4 is 0 Å². The van der Waals surface area contributed by atoms with Crippen LogP contribution in [0.5, 0.6) is 0 Å². The lowest BCUT2D eigenvalue weighted by atomic mass is 10.2. The minimum Gasteiger partial charge on any atom is -0.498 e. The first-order valence-corrected chi connectivity index (χ1v) is 4.60. The molecule has 0 aromatic rings. The van der Waals surface area contributed by atoms with Gasteiger partial charge in [0, 0.05) is 19.7 Å². The lowest BCUT2D eigenvalue weighted by Gasteiger charge is -2.08. The quantitative estimate of drug-likeness (QED) is 0.506. The first kappa shape index (κ1) is 12.2. The van der Waals surface area contributed by atoms with E-state index < -0.39 is 0 Å². The molecule has 0 rings (SSSR count). The summed E-state index contributed by atoms with van der Waals surface area (Å²) in [5, 5.41) is 9.22. The van der Waals surface area contributed by atoms with Crippen molar-refractivity contribution in [2.45, 2.75) is 32.8 Å². The van der Waals surface area contributed by atoms with Gasteiger partial charge in [-0.25, -0.2) is 0 Å². The highest BCUT2D eigenvalue weighted by Crippen LogP contribution is 2.00. The summed E-state index contributed by atoms with van der Waals surface area (Å²) in [6.07, 6.45) is 4.71. The first-order chi connectivity index (χ1) is 6.20. The molecule has 0 aromatic carbocycles. The van der Waals surface area contributed by atoms with Crippen LogP contribution in [0.15, 0.2) is 16.8 Å². The number of allylic oxidation sites excluding steroid dienone is 2. The van der Waals surface area contributed by atoms with Gasteiger partial charge in [-0.05, 0) is 19.4 Å². The SMILES string of the molecule is CCC(O)CCO/C(C)=C/C=N\C. The summed E-state index contributed by atoms with van der Waals surface area (Å²) in [5.41, 5.74) is 0. The fraction of sp³-hybridized carbons (Fsp3) is 0.700. The lowest BCUT2D eigenvalue weighted by Crippen LogP contribution is -2.08. The van der Waals surface area contributed by atoms with Crippen LogP contribution in [0.25, 0.3) is 0 Å². The van der Waals surface area contributed by atoms with E-state index in [1.807, 2.05) is 13.8 Å². The Bertz CT molecular complexity index is 176. The van der Waals surface area contributed by atoms with Crippen LogP contribution in [0, 0.1) is 0 Å². The highest BCUT2D eigenvalue weighted by atomic mass is 16.5. The molecular weight excluding hydrogens is 166 g/mol. The van der Waals surface area contributed by atoms with Gasteiger partial charge in [0.2, 0.25) is 0 Å². The second kappa shape index (κ2) is 7.80. The molecule has 0 saturated carbocycles. The molecular formula is C10H19NO2. The molecule has 1 atom stereocenters. The van der Waals surface area contributed by atoms with E-state index in [9.17, 15) is 5.11 Å². The molecule has 0 heterocycles. The minimum absolute atomic E-state index is 0.243. The molecule has 0 aliphatic rings. The molecule has 76 valence electrons. The van der Waals surface area contributed by atoms with Gasteiger partial charge in [-0.15, -0.1) is 0 Å². The van der Waals surface area contributed by atoms with Crippen LogP contribution in [-0.2, 0) is 4.74 Å². The molecule has 0 bridgehead atoms.